The topological polar surface area (TPSA) is 139 Å². The second-order valence-corrected chi connectivity index (χ2v) is 11.7. The minimum atomic E-state index is -0.477. The van der Waals surface area contributed by atoms with E-state index < -0.39 is 5.82 Å². The number of aromatic nitrogens is 3. The SMILES string of the molecule is COc1cccc(F)c1-c1nccc(Nc2cc(N3CCC[C@H](N)C3)c(-c3ccc(C(=O)NC4CCC(O)CC4)cc3)cn2)n1. The average Bonchev–Trinajstić information content (AvgIpc) is 3.06. The van der Waals surface area contributed by atoms with Crippen LogP contribution < -0.4 is 26.0 Å². The maximum absolute atomic E-state index is 14.7. The van der Waals surface area contributed by atoms with Crippen molar-refractivity contribution in [1.82, 2.24) is 20.3 Å². The molecule has 2 aromatic heterocycles. The maximum Gasteiger partial charge on any atom is 0.251 e. The number of halogens is 1. The van der Waals surface area contributed by atoms with E-state index in [1.165, 1.54) is 13.2 Å². The lowest BCUT2D eigenvalue weighted by atomic mass is 9.93. The van der Waals surface area contributed by atoms with Crippen LogP contribution in [0.3, 0.4) is 0 Å². The molecule has 1 amide bonds. The number of amides is 1. The Balaban J connectivity index is 1.26. The highest BCUT2D eigenvalue weighted by Gasteiger charge is 2.23. The molecule has 1 atom stereocenters. The number of anilines is 3. The smallest absolute Gasteiger partial charge is 0.251 e. The summed E-state index contributed by atoms with van der Waals surface area (Å²) in [5.74, 6) is 0.964. The van der Waals surface area contributed by atoms with Crippen LogP contribution >= 0.6 is 0 Å². The molecule has 2 fully saturated rings. The van der Waals surface area contributed by atoms with Gasteiger partial charge in [-0.25, -0.2) is 19.3 Å². The van der Waals surface area contributed by atoms with Crippen molar-refractivity contribution in [2.75, 3.05) is 30.4 Å². The molecule has 45 heavy (non-hydrogen) atoms. The number of aliphatic hydroxyl groups is 1. The molecule has 0 unspecified atom stereocenters. The predicted octanol–water partition coefficient (Wildman–Crippen LogP) is 5.06. The second kappa shape index (κ2) is 13.6. The summed E-state index contributed by atoms with van der Waals surface area (Å²) in [5, 5.41) is 16.1. The molecular formula is C34H38FN7O3. The first kappa shape index (κ1) is 30.4. The van der Waals surface area contributed by atoms with Crippen molar-refractivity contribution >= 4 is 23.2 Å². The number of carbonyl (C=O) groups is 1. The number of ether oxygens (including phenoxy) is 1. The molecule has 5 N–H and O–H groups in total. The van der Waals surface area contributed by atoms with E-state index in [1.807, 2.05) is 36.5 Å². The van der Waals surface area contributed by atoms with Crippen LogP contribution in [-0.2, 0) is 0 Å². The summed E-state index contributed by atoms with van der Waals surface area (Å²) >= 11 is 0. The van der Waals surface area contributed by atoms with Gasteiger partial charge in [-0.15, -0.1) is 0 Å². The van der Waals surface area contributed by atoms with Gasteiger partial charge in [-0.05, 0) is 74.4 Å². The molecule has 234 valence electrons. The van der Waals surface area contributed by atoms with Gasteiger partial charge in [0.1, 0.15) is 23.2 Å². The number of hydrogen-bond acceptors (Lipinski definition) is 9. The number of hydrogen-bond donors (Lipinski definition) is 4. The normalized spacial score (nSPS) is 20.0. The van der Waals surface area contributed by atoms with E-state index in [2.05, 4.69) is 25.5 Å². The fourth-order valence-corrected chi connectivity index (χ4v) is 6.09. The van der Waals surface area contributed by atoms with E-state index in [-0.39, 0.29) is 35.5 Å². The van der Waals surface area contributed by atoms with Crippen LogP contribution in [0.2, 0.25) is 0 Å². The lowest BCUT2D eigenvalue weighted by molar-refractivity contribution is 0.0867. The molecule has 1 saturated heterocycles. The van der Waals surface area contributed by atoms with Crippen molar-refractivity contribution in [3.63, 3.8) is 0 Å². The zero-order valence-corrected chi connectivity index (χ0v) is 25.2. The summed E-state index contributed by atoms with van der Waals surface area (Å²) in [6.07, 6.45) is 8.04. The van der Waals surface area contributed by atoms with Gasteiger partial charge < -0.3 is 31.1 Å². The van der Waals surface area contributed by atoms with Crippen molar-refractivity contribution in [3.8, 4) is 28.3 Å². The summed E-state index contributed by atoms with van der Waals surface area (Å²) in [7, 11) is 1.48. The minimum absolute atomic E-state index is 0.0586. The Morgan fingerprint density at radius 1 is 1.04 bits per heavy atom. The number of pyridine rings is 1. The van der Waals surface area contributed by atoms with Crippen LogP contribution in [0.25, 0.3) is 22.5 Å². The quantitative estimate of drug-likeness (QED) is 0.215. The van der Waals surface area contributed by atoms with E-state index in [0.29, 0.717) is 42.3 Å². The first-order chi connectivity index (χ1) is 21.9. The zero-order chi connectivity index (χ0) is 31.3. The van der Waals surface area contributed by atoms with Crippen molar-refractivity contribution in [1.29, 1.82) is 0 Å². The molecule has 0 bridgehead atoms. The Morgan fingerprint density at radius 2 is 1.84 bits per heavy atom. The van der Waals surface area contributed by atoms with Gasteiger partial charge in [0, 0.05) is 60.4 Å². The van der Waals surface area contributed by atoms with Crippen molar-refractivity contribution < 1.29 is 19.0 Å². The van der Waals surface area contributed by atoms with E-state index in [9.17, 15) is 14.3 Å². The molecule has 0 spiro atoms. The summed E-state index contributed by atoms with van der Waals surface area (Å²) in [6.45, 7) is 1.56. The Morgan fingerprint density at radius 3 is 2.60 bits per heavy atom. The Kier molecular flexibility index (Phi) is 9.18. The van der Waals surface area contributed by atoms with Gasteiger partial charge in [0.05, 0.1) is 18.8 Å². The summed E-state index contributed by atoms with van der Waals surface area (Å²) in [6, 6.07) is 15.9. The highest BCUT2D eigenvalue weighted by atomic mass is 19.1. The van der Waals surface area contributed by atoms with Crippen LogP contribution in [0, 0.1) is 5.82 Å². The minimum Gasteiger partial charge on any atom is -0.496 e. The molecule has 3 heterocycles. The summed E-state index contributed by atoms with van der Waals surface area (Å²) in [5.41, 5.74) is 9.95. The van der Waals surface area contributed by atoms with E-state index in [0.717, 1.165) is 49.0 Å². The maximum atomic E-state index is 14.7. The number of carbonyl (C=O) groups excluding carboxylic acids is 1. The van der Waals surface area contributed by atoms with Gasteiger partial charge in [-0.1, -0.05) is 18.2 Å². The summed E-state index contributed by atoms with van der Waals surface area (Å²) in [4.78, 5) is 28.7. The van der Waals surface area contributed by atoms with Crippen molar-refractivity contribution in [2.45, 2.75) is 56.7 Å². The molecule has 11 heteroatoms. The Labute approximate surface area is 261 Å². The van der Waals surface area contributed by atoms with Gasteiger partial charge in [-0.2, -0.15) is 0 Å². The number of nitrogens with zero attached hydrogens (tertiary/aromatic N) is 4. The number of methoxy groups -OCH3 is 1. The van der Waals surface area contributed by atoms with Crippen LogP contribution in [0.4, 0.5) is 21.7 Å². The number of aliphatic hydroxyl groups excluding tert-OH is 1. The number of nitrogens with one attached hydrogen (secondary N) is 2. The molecule has 2 aliphatic rings. The number of nitrogens with two attached hydrogens (primary N) is 1. The molecule has 6 rings (SSSR count). The van der Waals surface area contributed by atoms with Gasteiger partial charge >= 0.3 is 0 Å². The lowest BCUT2D eigenvalue weighted by Gasteiger charge is -2.34. The van der Waals surface area contributed by atoms with Crippen LogP contribution in [0.5, 0.6) is 5.75 Å². The monoisotopic (exact) mass is 611 g/mol. The number of rotatable bonds is 8. The van der Waals surface area contributed by atoms with Crippen LogP contribution in [-0.4, -0.2) is 64.4 Å². The predicted molar refractivity (Wildman–Crippen MR) is 172 cm³/mol. The second-order valence-electron chi connectivity index (χ2n) is 11.7. The highest BCUT2D eigenvalue weighted by Crippen LogP contribution is 2.35. The van der Waals surface area contributed by atoms with Crippen molar-refractivity contribution in [3.05, 3.63) is 78.4 Å². The van der Waals surface area contributed by atoms with E-state index in [4.69, 9.17) is 15.5 Å². The number of piperidine rings is 1. The van der Waals surface area contributed by atoms with Gasteiger partial charge in [0.25, 0.3) is 5.91 Å². The van der Waals surface area contributed by atoms with Gasteiger partial charge in [0.2, 0.25) is 0 Å². The number of benzene rings is 2. The molecule has 0 radical (unpaired) electrons. The Bertz CT molecular complexity index is 1640. The van der Waals surface area contributed by atoms with Gasteiger partial charge in [0.15, 0.2) is 5.82 Å². The van der Waals surface area contributed by atoms with Gasteiger partial charge in [-0.3, -0.25) is 4.79 Å². The largest absolute Gasteiger partial charge is 0.496 e. The average molecular weight is 612 g/mol. The van der Waals surface area contributed by atoms with Crippen molar-refractivity contribution in [2.24, 2.45) is 5.73 Å². The molecule has 1 aliphatic carbocycles. The first-order valence-electron chi connectivity index (χ1n) is 15.4. The standard InChI is InChI=1S/C34H38FN7O3/c1-45-29-6-2-5-27(35)32(29)33-37-16-15-30(41-33)40-31-18-28(42-17-3-4-23(36)20-42)26(19-38-31)21-7-9-22(10-8-21)34(44)39-24-11-13-25(43)14-12-24/h2,5-10,15-16,18-19,23-25,43H,3-4,11-14,17,20,36H2,1H3,(H,39,44)(H,37,38,40,41)/t23-,24?,25?/m0/s1. The Hall–Kier alpha value is -4.61. The molecule has 1 aliphatic heterocycles. The summed E-state index contributed by atoms with van der Waals surface area (Å²) < 4.78 is 20.1. The first-order valence-corrected chi connectivity index (χ1v) is 15.4. The van der Waals surface area contributed by atoms with E-state index >= 15 is 0 Å². The fourth-order valence-electron chi connectivity index (χ4n) is 6.09. The fraction of sp³-hybridized carbons (Fsp3) is 0.353. The molecule has 10 nitrogen and oxygen atoms in total. The lowest BCUT2D eigenvalue weighted by Crippen LogP contribution is -2.43. The van der Waals surface area contributed by atoms with Crippen LogP contribution in [0.1, 0.15) is 48.9 Å². The van der Waals surface area contributed by atoms with Crippen LogP contribution in [0.15, 0.2) is 67.0 Å². The molecule has 1 saturated carbocycles. The third-order valence-corrected chi connectivity index (χ3v) is 8.50. The zero-order valence-electron chi connectivity index (χ0n) is 25.2. The molecule has 4 aromatic rings. The highest BCUT2D eigenvalue weighted by molar-refractivity contribution is 5.95. The third-order valence-electron chi connectivity index (χ3n) is 8.50. The third kappa shape index (κ3) is 7.05. The van der Waals surface area contributed by atoms with E-state index in [1.54, 1.807) is 24.4 Å². The molecule has 2 aromatic carbocycles. The molecular weight excluding hydrogens is 573 g/mol.